The molecule has 0 aliphatic rings. The van der Waals surface area contributed by atoms with E-state index < -0.39 is 5.91 Å². The summed E-state index contributed by atoms with van der Waals surface area (Å²) in [5.41, 5.74) is 6.24. The molecule has 6 heteroatoms. The van der Waals surface area contributed by atoms with Gasteiger partial charge in [0.1, 0.15) is 0 Å². The van der Waals surface area contributed by atoms with Gasteiger partial charge in [0.25, 0.3) is 5.91 Å². The van der Waals surface area contributed by atoms with E-state index in [-0.39, 0.29) is 5.69 Å². The maximum Gasteiger partial charge on any atom is 0.269 e. The Morgan fingerprint density at radius 1 is 1.50 bits per heavy atom. The lowest BCUT2D eigenvalue weighted by atomic mass is 10.3. The van der Waals surface area contributed by atoms with Crippen LogP contribution in [0.1, 0.15) is 16.2 Å². The molecule has 0 atom stereocenters. The highest BCUT2D eigenvalue weighted by atomic mass is 127. The van der Waals surface area contributed by atoms with Gasteiger partial charge in [-0.15, -0.1) is 0 Å². The van der Waals surface area contributed by atoms with Gasteiger partial charge >= 0.3 is 0 Å². The quantitative estimate of drug-likeness (QED) is 0.844. The first kappa shape index (κ1) is 11.1. The molecule has 0 saturated carbocycles. The summed E-state index contributed by atoms with van der Waals surface area (Å²) in [5.74, 6) is 0.143. The van der Waals surface area contributed by atoms with Crippen molar-refractivity contribution in [1.82, 2.24) is 14.8 Å². The fourth-order valence-corrected chi connectivity index (χ4v) is 1.78. The topological polar surface area (TPSA) is 73.8 Å². The van der Waals surface area contributed by atoms with Crippen LogP contribution in [0.4, 0.5) is 0 Å². The lowest BCUT2D eigenvalue weighted by Crippen LogP contribution is -2.12. The molecule has 0 spiro atoms. The number of rotatable bonds is 2. The molecule has 0 aliphatic heterocycles. The van der Waals surface area contributed by atoms with Crippen molar-refractivity contribution >= 4 is 28.5 Å². The zero-order valence-electron chi connectivity index (χ0n) is 8.51. The first-order valence-electron chi connectivity index (χ1n) is 4.56. The van der Waals surface area contributed by atoms with Crippen molar-refractivity contribution in [2.24, 2.45) is 5.73 Å². The van der Waals surface area contributed by atoms with Gasteiger partial charge in [0.2, 0.25) is 0 Å². The lowest BCUT2D eigenvalue weighted by molar-refractivity contribution is 0.0995. The Kier molecular flexibility index (Phi) is 2.90. The molecule has 2 aromatic rings. The number of amides is 1. The van der Waals surface area contributed by atoms with E-state index >= 15 is 0 Å². The van der Waals surface area contributed by atoms with Crippen molar-refractivity contribution < 1.29 is 4.79 Å². The molecule has 2 heterocycles. The summed E-state index contributed by atoms with van der Waals surface area (Å²) >= 11 is 2.19. The van der Waals surface area contributed by atoms with Crippen molar-refractivity contribution in [3.63, 3.8) is 0 Å². The molecule has 0 bridgehead atoms. The predicted molar refractivity (Wildman–Crippen MR) is 67.3 cm³/mol. The molecule has 2 rings (SSSR count). The highest BCUT2D eigenvalue weighted by molar-refractivity contribution is 14.1. The lowest BCUT2D eigenvalue weighted by Gasteiger charge is -2.02. The molecule has 0 radical (unpaired) electrons. The minimum absolute atomic E-state index is 0.248. The molecule has 1 amide bonds. The number of pyridine rings is 1. The minimum atomic E-state index is -0.535. The number of carbonyl (C=O) groups excluding carboxylic acids is 1. The average Bonchev–Trinajstić information content (AvgIpc) is 2.60. The third-order valence-corrected chi connectivity index (χ3v) is 2.74. The fraction of sp³-hybridized carbons (Fsp3) is 0.100. The maximum absolute atomic E-state index is 11.0. The van der Waals surface area contributed by atoms with Gasteiger partial charge in [-0.1, -0.05) is 0 Å². The van der Waals surface area contributed by atoms with E-state index in [0.717, 1.165) is 9.26 Å². The number of nitrogens with zero attached hydrogens (tertiary/aromatic N) is 3. The van der Waals surface area contributed by atoms with Crippen LogP contribution >= 0.6 is 22.6 Å². The van der Waals surface area contributed by atoms with Gasteiger partial charge in [-0.05, 0) is 47.7 Å². The third-order valence-electron chi connectivity index (χ3n) is 2.06. The second-order valence-electron chi connectivity index (χ2n) is 3.28. The van der Waals surface area contributed by atoms with Crippen LogP contribution in [-0.4, -0.2) is 20.7 Å². The number of aromatic nitrogens is 3. The smallest absolute Gasteiger partial charge is 0.269 e. The molecule has 0 saturated heterocycles. The average molecular weight is 328 g/mol. The highest BCUT2D eigenvalue weighted by Crippen LogP contribution is 2.12. The van der Waals surface area contributed by atoms with Crippen molar-refractivity contribution in [2.45, 2.75) is 6.92 Å². The fourth-order valence-electron chi connectivity index (χ4n) is 1.34. The minimum Gasteiger partial charge on any atom is -0.364 e. The first-order chi connectivity index (χ1) is 7.58. The predicted octanol–water partition coefficient (Wildman–Crippen LogP) is 1.28. The zero-order chi connectivity index (χ0) is 11.7. The molecule has 2 N–H and O–H groups in total. The summed E-state index contributed by atoms with van der Waals surface area (Å²) in [5, 5.41) is 4.10. The Balaban J connectivity index is 2.52. The van der Waals surface area contributed by atoms with Crippen LogP contribution in [0.15, 0.2) is 24.4 Å². The summed E-state index contributed by atoms with van der Waals surface area (Å²) in [6.45, 7) is 1.85. The molecule has 16 heavy (non-hydrogen) atoms. The number of hydrogen-bond acceptors (Lipinski definition) is 3. The summed E-state index contributed by atoms with van der Waals surface area (Å²) in [4.78, 5) is 15.2. The van der Waals surface area contributed by atoms with E-state index in [2.05, 4.69) is 32.7 Å². The number of carbonyl (C=O) groups is 1. The number of aryl methyl sites for hydroxylation is 1. The van der Waals surface area contributed by atoms with Crippen LogP contribution in [0.2, 0.25) is 0 Å². The standard InChI is InChI=1S/C10H9IN4O/c1-6-4-8(10(12)16)14-15(6)9-5-7(11)2-3-13-9/h2-5H,1H3,(H2,12,16). The number of halogens is 1. The Labute approximate surface area is 106 Å². The SMILES string of the molecule is Cc1cc(C(N)=O)nn1-c1cc(I)ccn1. The van der Waals surface area contributed by atoms with Crippen molar-refractivity contribution in [1.29, 1.82) is 0 Å². The van der Waals surface area contributed by atoms with Crippen LogP contribution in [0.5, 0.6) is 0 Å². The second-order valence-corrected chi connectivity index (χ2v) is 4.52. The van der Waals surface area contributed by atoms with Crippen LogP contribution in [0.3, 0.4) is 0 Å². The van der Waals surface area contributed by atoms with Gasteiger partial charge in [-0.2, -0.15) is 5.10 Å². The van der Waals surface area contributed by atoms with E-state index in [0.29, 0.717) is 5.82 Å². The zero-order valence-corrected chi connectivity index (χ0v) is 10.7. The Hall–Kier alpha value is -1.44. The first-order valence-corrected chi connectivity index (χ1v) is 5.64. The van der Waals surface area contributed by atoms with Crippen LogP contribution in [0, 0.1) is 10.5 Å². The van der Waals surface area contributed by atoms with E-state index in [1.54, 1.807) is 16.9 Å². The van der Waals surface area contributed by atoms with E-state index in [1.165, 1.54) is 0 Å². The Morgan fingerprint density at radius 2 is 2.25 bits per heavy atom. The number of nitrogens with two attached hydrogens (primary N) is 1. The molecule has 5 nitrogen and oxygen atoms in total. The summed E-state index contributed by atoms with van der Waals surface area (Å²) in [6, 6.07) is 5.41. The molecule has 0 aliphatic carbocycles. The van der Waals surface area contributed by atoms with Gasteiger partial charge in [0.05, 0.1) is 0 Å². The summed E-state index contributed by atoms with van der Waals surface area (Å²) in [6.07, 6.45) is 1.70. The van der Waals surface area contributed by atoms with Gasteiger partial charge in [0, 0.05) is 15.5 Å². The second kappa shape index (κ2) is 4.20. The molecule has 0 unspecified atom stereocenters. The third kappa shape index (κ3) is 2.06. The van der Waals surface area contributed by atoms with Gasteiger partial charge < -0.3 is 5.73 Å². The summed E-state index contributed by atoms with van der Waals surface area (Å²) in [7, 11) is 0. The van der Waals surface area contributed by atoms with Crippen molar-refractivity contribution in [3.8, 4) is 5.82 Å². The molecular weight excluding hydrogens is 319 g/mol. The molecule has 2 aromatic heterocycles. The molecular formula is C10H9IN4O. The van der Waals surface area contributed by atoms with Crippen LogP contribution < -0.4 is 5.73 Å². The molecule has 82 valence electrons. The van der Waals surface area contributed by atoms with Gasteiger partial charge in [0.15, 0.2) is 11.5 Å². The van der Waals surface area contributed by atoms with Gasteiger partial charge in [-0.3, -0.25) is 4.79 Å². The summed E-state index contributed by atoms with van der Waals surface area (Å²) < 4.78 is 2.65. The van der Waals surface area contributed by atoms with E-state index in [4.69, 9.17) is 5.73 Å². The van der Waals surface area contributed by atoms with Crippen molar-refractivity contribution in [3.05, 3.63) is 39.4 Å². The largest absolute Gasteiger partial charge is 0.364 e. The molecule has 0 aromatic carbocycles. The van der Waals surface area contributed by atoms with Crippen LogP contribution in [-0.2, 0) is 0 Å². The van der Waals surface area contributed by atoms with Crippen molar-refractivity contribution in [2.75, 3.05) is 0 Å². The number of hydrogen-bond donors (Lipinski definition) is 1. The number of primary amides is 1. The Morgan fingerprint density at radius 3 is 2.81 bits per heavy atom. The highest BCUT2D eigenvalue weighted by Gasteiger charge is 2.10. The van der Waals surface area contributed by atoms with Gasteiger partial charge in [-0.25, -0.2) is 9.67 Å². The van der Waals surface area contributed by atoms with E-state index in [9.17, 15) is 4.79 Å². The maximum atomic E-state index is 11.0. The Bertz CT molecular complexity index is 550. The molecule has 0 fully saturated rings. The normalized spacial score (nSPS) is 10.4. The van der Waals surface area contributed by atoms with Crippen LogP contribution in [0.25, 0.3) is 5.82 Å². The monoisotopic (exact) mass is 328 g/mol. The van der Waals surface area contributed by atoms with E-state index in [1.807, 2.05) is 19.1 Å².